The zero-order chi connectivity index (χ0) is 27.4. The van der Waals surface area contributed by atoms with Crippen molar-refractivity contribution in [1.29, 1.82) is 0 Å². The Bertz CT molecular complexity index is 1460. The standard InChI is InChI=1S/C29H31ClN6O3/c1-29(2,3)39-28(37)36-12-4-5-20(16-36)19-6-8-25-23(13-19)27(34-18-33-25)35-21-7-9-26(24(30)14-21)38-17-22-15-31-10-11-32-22/h6-11,13-15,18,20H,4-5,12,16-17H2,1-3H3,(H,33,34,35)/t20-/m0/s1. The minimum atomic E-state index is -0.519. The number of aromatic nitrogens is 4. The van der Waals surface area contributed by atoms with Gasteiger partial charge in [0.05, 0.1) is 22.4 Å². The maximum atomic E-state index is 12.7. The van der Waals surface area contributed by atoms with E-state index >= 15 is 0 Å². The highest BCUT2D eigenvalue weighted by Gasteiger charge is 2.28. The van der Waals surface area contributed by atoms with Crippen molar-refractivity contribution in [2.24, 2.45) is 0 Å². The third kappa shape index (κ3) is 6.72. The maximum Gasteiger partial charge on any atom is 0.410 e. The molecule has 0 radical (unpaired) electrons. The molecule has 9 nitrogen and oxygen atoms in total. The number of anilines is 2. The first kappa shape index (κ1) is 26.6. The van der Waals surface area contributed by atoms with E-state index in [1.54, 1.807) is 29.6 Å². The molecule has 39 heavy (non-hydrogen) atoms. The molecule has 1 amide bonds. The number of piperidine rings is 1. The van der Waals surface area contributed by atoms with Gasteiger partial charge in [-0.25, -0.2) is 14.8 Å². The Kier molecular flexibility index (Phi) is 7.79. The summed E-state index contributed by atoms with van der Waals surface area (Å²) in [5.41, 5.74) is 2.93. The fraction of sp³-hybridized carbons (Fsp3) is 0.345. The van der Waals surface area contributed by atoms with E-state index in [-0.39, 0.29) is 18.6 Å². The Hall–Kier alpha value is -3.98. The van der Waals surface area contributed by atoms with Gasteiger partial charge in [-0.05, 0) is 69.5 Å². The molecular weight excluding hydrogens is 516 g/mol. The quantitative estimate of drug-likeness (QED) is 0.292. The van der Waals surface area contributed by atoms with E-state index in [0.717, 1.165) is 35.0 Å². The lowest BCUT2D eigenvalue weighted by Crippen LogP contribution is -2.42. The molecule has 0 aliphatic carbocycles. The number of rotatable bonds is 6. The van der Waals surface area contributed by atoms with Crippen LogP contribution in [0.5, 0.6) is 5.75 Å². The molecule has 1 aliphatic heterocycles. The van der Waals surface area contributed by atoms with Gasteiger partial charge in [-0.1, -0.05) is 17.7 Å². The molecule has 1 atom stereocenters. The second-order valence-electron chi connectivity index (χ2n) is 10.5. The van der Waals surface area contributed by atoms with Crippen LogP contribution in [0.4, 0.5) is 16.3 Å². The number of carbonyl (C=O) groups is 1. The average molecular weight is 547 g/mol. The topological polar surface area (TPSA) is 102 Å². The van der Waals surface area contributed by atoms with Crippen LogP contribution in [-0.2, 0) is 11.3 Å². The van der Waals surface area contributed by atoms with E-state index in [2.05, 4.69) is 37.4 Å². The Morgan fingerprint density at radius 1 is 1.13 bits per heavy atom. The molecule has 10 heteroatoms. The number of ether oxygens (including phenoxy) is 2. The van der Waals surface area contributed by atoms with Gasteiger partial charge in [-0.15, -0.1) is 0 Å². The van der Waals surface area contributed by atoms with Crippen LogP contribution in [0.2, 0.25) is 5.02 Å². The minimum Gasteiger partial charge on any atom is -0.486 e. The first-order valence-corrected chi connectivity index (χ1v) is 13.3. The van der Waals surface area contributed by atoms with Gasteiger partial charge >= 0.3 is 6.09 Å². The third-order valence-corrected chi connectivity index (χ3v) is 6.69. The molecule has 2 aromatic carbocycles. The number of carbonyl (C=O) groups excluding carboxylic acids is 1. The summed E-state index contributed by atoms with van der Waals surface area (Å²) >= 11 is 6.51. The number of nitrogens with zero attached hydrogens (tertiary/aromatic N) is 5. The molecule has 5 rings (SSSR count). The van der Waals surface area contributed by atoms with Crippen molar-refractivity contribution >= 4 is 40.1 Å². The van der Waals surface area contributed by atoms with Gasteiger partial charge in [0.2, 0.25) is 0 Å². The summed E-state index contributed by atoms with van der Waals surface area (Å²) in [6.45, 7) is 7.25. The Labute approximate surface area is 232 Å². The molecule has 3 heterocycles. The predicted octanol–water partition coefficient (Wildman–Crippen LogP) is 6.51. The van der Waals surface area contributed by atoms with E-state index in [4.69, 9.17) is 21.1 Å². The van der Waals surface area contributed by atoms with Gasteiger partial charge in [0.25, 0.3) is 0 Å². The highest BCUT2D eigenvalue weighted by Crippen LogP contribution is 2.33. The Morgan fingerprint density at radius 3 is 2.77 bits per heavy atom. The van der Waals surface area contributed by atoms with E-state index in [1.807, 2.05) is 39.0 Å². The van der Waals surface area contributed by atoms with Crippen LogP contribution in [0, 0.1) is 0 Å². The first-order valence-electron chi connectivity index (χ1n) is 12.9. The van der Waals surface area contributed by atoms with Gasteiger partial charge in [-0.2, -0.15) is 0 Å². The lowest BCUT2D eigenvalue weighted by atomic mass is 9.90. The molecular formula is C29H31ClN6O3. The summed E-state index contributed by atoms with van der Waals surface area (Å²) in [7, 11) is 0. The van der Waals surface area contributed by atoms with Gasteiger partial charge < -0.3 is 19.7 Å². The lowest BCUT2D eigenvalue weighted by Gasteiger charge is -2.34. The Balaban J connectivity index is 1.32. The van der Waals surface area contributed by atoms with Crippen LogP contribution in [-0.4, -0.2) is 49.6 Å². The zero-order valence-corrected chi connectivity index (χ0v) is 23.0. The molecule has 2 aromatic heterocycles. The summed E-state index contributed by atoms with van der Waals surface area (Å²) < 4.78 is 11.4. The molecule has 0 bridgehead atoms. The molecule has 1 N–H and O–H groups in total. The smallest absolute Gasteiger partial charge is 0.410 e. The normalized spacial score (nSPS) is 15.7. The highest BCUT2D eigenvalue weighted by molar-refractivity contribution is 6.32. The van der Waals surface area contributed by atoms with Crippen LogP contribution in [0.25, 0.3) is 10.9 Å². The van der Waals surface area contributed by atoms with E-state index < -0.39 is 5.60 Å². The van der Waals surface area contributed by atoms with Crippen molar-refractivity contribution in [3.05, 3.63) is 77.6 Å². The minimum absolute atomic E-state index is 0.198. The van der Waals surface area contributed by atoms with Crippen molar-refractivity contribution in [2.75, 3.05) is 18.4 Å². The van der Waals surface area contributed by atoms with Crippen molar-refractivity contribution in [3.8, 4) is 5.75 Å². The molecule has 0 unspecified atom stereocenters. The number of benzene rings is 2. The number of nitrogens with one attached hydrogen (secondary N) is 1. The summed E-state index contributed by atoms with van der Waals surface area (Å²) in [6.07, 6.45) is 8.07. The largest absolute Gasteiger partial charge is 0.486 e. The fourth-order valence-electron chi connectivity index (χ4n) is 4.56. The van der Waals surface area contributed by atoms with E-state index in [0.29, 0.717) is 35.4 Å². The van der Waals surface area contributed by atoms with Crippen molar-refractivity contribution in [1.82, 2.24) is 24.8 Å². The van der Waals surface area contributed by atoms with Gasteiger partial charge in [-0.3, -0.25) is 9.97 Å². The van der Waals surface area contributed by atoms with Crippen LogP contribution in [0.1, 0.15) is 50.8 Å². The highest BCUT2D eigenvalue weighted by atomic mass is 35.5. The molecule has 202 valence electrons. The number of hydrogen-bond donors (Lipinski definition) is 1. The Morgan fingerprint density at radius 2 is 2.00 bits per heavy atom. The van der Waals surface area contributed by atoms with E-state index in [1.165, 1.54) is 6.33 Å². The van der Waals surface area contributed by atoms with Gasteiger partial charge in [0, 0.05) is 42.5 Å². The molecule has 1 aliphatic rings. The van der Waals surface area contributed by atoms with Crippen LogP contribution >= 0.6 is 11.6 Å². The van der Waals surface area contributed by atoms with Gasteiger partial charge in [0.1, 0.15) is 30.1 Å². The summed E-state index contributed by atoms with van der Waals surface area (Å²) in [6, 6.07) is 11.7. The van der Waals surface area contributed by atoms with Crippen molar-refractivity contribution in [2.45, 2.75) is 51.7 Å². The second-order valence-corrected chi connectivity index (χ2v) is 10.9. The monoisotopic (exact) mass is 546 g/mol. The van der Waals surface area contributed by atoms with Gasteiger partial charge in [0.15, 0.2) is 0 Å². The third-order valence-electron chi connectivity index (χ3n) is 6.39. The van der Waals surface area contributed by atoms with Crippen LogP contribution in [0.3, 0.4) is 0 Å². The molecule has 1 saturated heterocycles. The molecule has 0 saturated carbocycles. The number of likely N-dealkylation sites (tertiary alicyclic amines) is 1. The first-order chi connectivity index (χ1) is 18.7. The average Bonchev–Trinajstić information content (AvgIpc) is 2.92. The van der Waals surface area contributed by atoms with Crippen LogP contribution in [0.15, 0.2) is 61.3 Å². The zero-order valence-electron chi connectivity index (χ0n) is 22.2. The fourth-order valence-corrected chi connectivity index (χ4v) is 4.79. The van der Waals surface area contributed by atoms with E-state index in [9.17, 15) is 4.79 Å². The lowest BCUT2D eigenvalue weighted by molar-refractivity contribution is 0.0198. The number of fused-ring (bicyclic) bond motifs is 1. The maximum absolute atomic E-state index is 12.7. The van der Waals surface area contributed by atoms with Crippen LogP contribution < -0.4 is 10.1 Å². The summed E-state index contributed by atoms with van der Waals surface area (Å²) in [5, 5.41) is 4.73. The van der Waals surface area contributed by atoms with Crippen molar-refractivity contribution < 1.29 is 14.3 Å². The predicted molar refractivity (Wildman–Crippen MR) is 150 cm³/mol. The summed E-state index contributed by atoms with van der Waals surface area (Å²) in [4.78, 5) is 31.7. The second kappa shape index (κ2) is 11.4. The number of amides is 1. The number of halogens is 1. The summed E-state index contributed by atoms with van der Waals surface area (Å²) in [5.74, 6) is 1.42. The molecule has 1 fully saturated rings. The SMILES string of the molecule is CC(C)(C)OC(=O)N1CCC[C@H](c2ccc3ncnc(Nc4ccc(OCc5cnccn5)c(Cl)c4)c3c2)C1. The molecule has 4 aromatic rings. The van der Waals surface area contributed by atoms with Crippen molar-refractivity contribution in [3.63, 3.8) is 0 Å². The number of hydrogen-bond acceptors (Lipinski definition) is 8. The molecule has 0 spiro atoms.